The van der Waals surface area contributed by atoms with Gasteiger partial charge in [0.2, 0.25) is 0 Å². The highest BCUT2D eigenvalue weighted by Gasteiger charge is 2.21. The number of hydrogen-bond acceptors (Lipinski definition) is 6. The van der Waals surface area contributed by atoms with Gasteiger partial charge in [-0.15, -0.1) is 0 Å². The first-order valence-electron chi connectivity index (χ1n) is 14.8. The van der Waals surface area contributed by atoms with Crippen LogP contribution >= 0.6 is 0 Å². The van der Waals surface area contributed by atoms with Crippen molar-refractivity contribution in [2.75, 3.05) is 13.2 Å². The maximum atomic E-state index is 12.3. The Labute approximate surface area is 239 Å². The van der Waals surface area contributed by atoms with Gasteiger partial charge in [0.15, 0.2) is 0 Å². The van der Waals surface area contributed by atoms with Gasteiger partial charge in [-0.3, -0.25) is 9.59 Å². The Kier molecular flexibility index (Phi) is 11.7. The maximum absolute atomic E-state index is 12.3. The van der Waals surface area contributed by atoms with Gasteiger partial charge in [0.25, 0.3) is 0 Å². The lowest BCUT2D eigenvalue weighted by molar-refractivity contribution is -0.152. The van der Waals surface area contributed by atoms with Gasteiger partial charge in [-0.05, 0) is 42.7 Å². The van der Waals surface area contributed by atoms with Crippen LogP contribution in [0.4, 0.5) is 0 Å². The molecular formula is C34H46O6. The first-order valence-corrected chi connectivity index (χ1v) is 14.8. The molecule has 6 nitrogen and oxygen atoms in total. The Morgan fingerprint density at radius 2 is 1.10 bits per heavy atom. The van der Waals surface area contributed by atoms with E-state index in [9.17, 15) is 9.59 Å². The van der Waals surface area contributed by atoms with E-state index in [2.05, 4.69) is 25.1 Å². The second-order valence-corrected chi connectivity index (χ2v) is 11.3. The summed E-state index contributed by atoms with van der Waals surface area (Å²) in [5.41, 5.74) is 1.18. The molecule has 3 aromatic rings. The number of ether oxygens (including phenoxy) is 4. The topological polar surface area (TPSA) is 71.1 Å². The number of esters is 2. The molecule has 6 heteroatoms. The molecule has 2 atom stereocenters. The second-order valence-electron chi connectivity index (χ2n) is 11.3. The Hall–Kier alpha value is -3.28. The standard InChI is InChI=1S/C34H46O6/c1-8-24-15-16-29-30(19-24)34(38-21-26(10-3)40-32(36)18-23(6)7)28-14-12-11-13-27(28)33(29)37-20-25(9-2)39-31(35)17-22(4)5/h11-16,19,22-23,25-26H,8-10,17-18,20-21H2,1-7H3. The van der Waals surface area contributed by atoms with Gasteiger partial charge < -0.3 is 18.9 Å². The summed E-state index contributed by atoms with van der Waals surface area (Å²) in [5, 5.41) is 3.72. The van der Waals surface area contributed by atoms with E-state index in [4.69, 9.17) is 18.9 Å². The van der Waals surface area contributed by atoms with Crippen LogP contribution in [-0.4, -0.2) is 37.4 Å². The smallest absolute Gasteiger partial charge is 0.306 e. The van der Waals surface area contributed by atoms with Crippen molar-refractivity contribution < 1.29 is 28.5 Å². The zero-order valence-electron chi connectivity index (χ0n) is 25.3. The van der Waals surface area contributed by atoms with Crippen LogP contribution in [0.5, 0.6) is 11.5 Å². The molecule has 2 unspecified atom stereocenters. The van der Waals surface area contributed by atoms with Crippen molar-refractivity contribution in [3.63, 3.8) is 0 Å². The largest absolute Gasteiger partial charge is 0.488 e. The molecule has 0 aromatic heterocycles. The summed E-state index contributed by atoms with van der Waals surface area (Å²) >= 11 is 0. The van der Waals surface area contributed by atoms with E-state index >= 15 is 0 Å². The van der Waals surface area contributed by atoms with E-state index in [-0.39, 0.29) is 49.2 Å². The van der Waals surface area contributed by atoms with Crippen molar-refractivity contribution >= 4 is 33.5 Å². The molecule has 40 heavy (non-hydrogen) atoms. The molecule has 218 valence electrons. The third kappa shape index (κ3) is 8.36. The summed E-state index contributed by atoms with van der Waals surface area (Å²) in [4.78, 5) is 24.7. The van der Waals surface area contributed by atoms with E-state index in [1.54, 1.807) is 0 Å². The van der Waals surface area contributed by atoms with Gasteiger partial charge in [-0.2, -0.15) is 0 Å². The van der Waals surface area contributed by atoms with Crippen molar-refractivity contribution in [2.45, 2.75) is 92.8 Å². The molecule has 0 saturated heterocycles. The molecule has 0 amide bonds. The lowest BCUT2D eigenvalue weighted by atomic mass is 9.98. The zero-order valence-corrected chi connectivity index (χ0v) is 25.3. The number of hydrogen-bond donors (Lipinski definition) is 0. The SMILES string of the molecule is CCc1ccc2c(OCC(CC)OC(=O)CC(C)C)c3ccccc3c(OCC(CC)OC(=O)CC(C)C)c2c1. The number of carbonyl (C=O) groups is 2. The number of aryl methyl sites for hydroxylation is 1. The van der Waals surface area contributed by atoms with Crippen LogP contribution in [0.2, 0.25) is 0 Å². The predicted octanol–water partition coefficient (Wildman–Crippen LogP) is 8.05. The summed E-state index contributed by atoms with van der Waals surface area (Å²) in [6, 6.07) is 14.3. The Balaban J connectivity index is 1.97. The van der Waals surface area contributed by atoms with Crippen LogP contribution in [0, 0.1) is 11.8 Å². The van der Waals surface area contributed by atoms with Crippen LogP contribution in [0.1, 0.15) is 79.7 Å². The third-order valence-electron chi connectivity index (χ3n) is 6.88. The fourth-order valence-electron chi connectivity index (χ4n) is 4.64. The molecule has 0 N–H and O–H groups in total. The molecule has 0 saturated carbocycles. The molecular weight excluding hydrogens is 504 g/mol. The van der Waals surface area contributed by atoms with Gasteiger partial charge in [-0.25, -0.2) is 0 Å². The van der Waals surface area contributed by atoms with Crippen LogP contribution in [0.25, 0.3) is 21.5 Å². The molecule has 0 fully saturated rings. The molecule has 3 aromatic carbocycles. The molecule has 0 heterocycles. The van der Waals surface area contributed by atoms with Crippen LogP contribution in [-0.2, 0) is 25.5 Å². The number of rotatable bonds is 15. The number of benzene rings is 3. The minimum atomic E-state index is -0.337. The third-order valence-corrected chi connectivity index (χ3v) is 6.88. The molecule has 3 rings (SSSR count). The summed E-state index contributed by atoms with van der Waals surface area (Å²) < 4.78 is 24.4. The van der Waals surface area contributed by atoms with Crippen molar-refractivity contribution in [1.82, 2.24) is 0 Å². The molecule has 0 aliphatic rings. The Bertz CT molecular complexity index is 1280. The highest BCUT2D eigenvalue weighted by atomic mass is 16.6. The van der Waals surface area contributed by atoms with E-state index in [0.717, 1.165) is 39.5 Å². The van der Waals surface area contributed by atoms with Crippen molar-refractivity contribution in [2.24, 2.45) is 11.8 Å². The van der Waals surface area contributed by atoms with E-state index < -0.39 is 0 Å². The summed E-state index contributed by atoms with van der Waals surface area (Å²) in [6.07, 6.45) is 2.31. The average molecular weight is 551 g/mol. The van der Waals surface area contributed by atoms with Crippen molar-refractivity contribution in [3.05, 3.63) is 48.0 Å². The van der Waals surface area contributed by atoms with E-state index in [1.165, 1.54) is 5.56 Å². The molecule has 0 bridgehead atoms. The summed E-state index contributed by atoms with van der Waals surface area (Å²) in [5.74, 6) is 1.58. The quantitative estimate of drug-likeness (QED) is 0.141. The Morgan fingerprint density at radius 1 is 0.650 bits per heavy atom. The zero-order chi connectivity index (χ0) is 29.2. The maximum Gasteiger partial charge on any atom is 0.306 e. The van der Waals surface area contributed by atoms with Gasteiger partial charge in [-0.1, -0.05) is 84.9 Å². The monoisotopic (exact) mass is 550 g/mol. The van der Waals surface area contributed by atoms with Crippen molar-refractivity contribution in [3.8, 4) is 11.5 Å². The van der Waals surface area contributed by atoms with Crippen molar-refractivity contribution in [1.29, 1.82) is 0 Å². The minimum Gasteiger partial charge on any atom is -0.488 e. The molecule has 0 spiro atoms. The highest BCUT2D eigenvalue weighted by molar-refractivity contribution is 6.11. The highest BCUT2D eigenvalue weighted by Crippen LogP contribution is 2.43. The lowest BCUT2D eigenvalue weighted by Crippen LogP contribution is -2.25. The fourth-order valence-corrected chi connectivity index (χ4v) is 4.64. The first-order chi connectivity index (χ1) is 19.2. The normalized spacial score (nSPS) is 13.0. The van der Waals surface area contributed by atoms with Crippen LogP contribution in [0.3, 0.4) is 0 Å². The fraction of sp³-hybridized carbons (Fsp3) is 0.529. The van der Waals surface area contributed by atoms with Gasteiger partial charge in [0, 0.05) is 34.4 Å². The summed E-state index contributed by atoms with van der Waals surface area (Å²) in [7, 11) is 0. The lowest BCUT2D eigenvalue weighted by Gasteiger charge is -2.23. The van der Waals surface area contributed by atoms with Crippen LogP contribution < -0.4 is 9.47 Å². The molecule has 0 aliphatic heterocycles. The van der Waals surface area contributed by atoms with E-state index in [0.29, 0.717) is 25.7 Å². The Morgan fingerprint density at radius 3 is 1.52 bits per heavy atom. The van der Waals surface area contributed by atoms with Crippen LogP contribution in [0.15, 0.2) is 42.5 Å². The average Bonchev–Trinajstić information content (AvgIpc) is 2.92. The second kappa shape index (κ2) is 14.9. The van der Waals surface area contributed by atoms with Gasteiger partial charge >= 0.3 is 11.9 Å². The molecule has 0 aliphatic carbocycles. The van der Waals surface area contributed by atoms with Gasteiger partial charge in [0.05, 0.1) is 0 Å². The number of fused-ring (bicyclic) bond motifs is 2. The summed E-state index contributed by atoms with van der Waals surface area (Å²) in [6.45, 7) is 14.7. The van der Waals surface area contributed by atoms with Gasteiger partial charge in [0.1, 0.15) is 36.9 Å². The molecule has 0 radical (unpaired) electrons. The first kappa shape index (κ1) is 31.3. The predicted molar refractivity (Wildman–Crippen MR) is 161 cm³/mol. The number of carbonyl (C=O) groups excluding carboxylic acids is 2. The minimum absolute atomic E-state index is 0.197. The van der Waals surface area contributed by atoms with E-state index in [1.807, 2.05) is 65.8 Å².